The van der Waals surface area contributed by atoms with E-state index in [9.17, 15) is 9.59 Å². The molecule has 2 aliphatic heterocycles. The summed E-state index contributed by atoms with van der Waals surface area (Å²) in [6, 6.07) is 0.0278. The Bertz CT molecular complexity index is 699. The summed E-state index contributed by atoms with van der Waals surface area (Å²) >= 11 is 0. The van der Waals surface area contributed by atoms with Gasteiger partial charge in [0, 0.05) is 51.2 Å². The molecule has 1 saturated heterocycles. The number of fused-ring (bicyclic) bond motifs is 1. The quantitative estimate of drug-likeness (QED) is 0.835. The van der Waals surface area contributed by atoms with Crippen molar-refractivity contribution in [2.45, 2.75) is 70.9 Å². The van der Waals surface area contributed by atoms with E-state index in [1.165, 1.54) is 25.7 Å². The zero-order valence-electron chi connectivity index (χ0n) is 15.6. The second-order valence-electron chi connectivity index (χ2n) is 7.99. The number of carbonyl (C=O) groups excluding carboxylic acids is 2. The van der Waals surface area contributed by atoms with Gasteiger partial charge in [0.1, 0.15) is 0 Å². The van der Waals surface area contributed by atoms with Crippen molar-refractivity contribution in [1.29, 1.82) is 0 Å². The van der Waals surface area contributed by atoms with E-state index in [4.69, 9.17) is 4.98 Å². The summed E-state index contributed by atoms with van der Waals surface area (Å²) in [5.41, 5.74) is 2.08. The lowest BCUT2D eigenvalue weighted by atomic mass is 10.0. The molecule has 1 unspecified atom stereocenters. The van der Waals surface area contributed by atoms with Gasteiger partial charge in [0.2, 0.25) is 11.8 Å². The minimum absolute atomic E-state index is 0.0278. The van der Waals surface area contributed by atoms with E-state index < -0.39 is 0 Å². The number of rotatable bonds is 3. The van der Waals surface area contributed by atoms with E-state index in [1.807, 2.05) is 16.0 Å². The molecule has 2 amide bonds. The Labute approximate surface area is 155 Å². The minimum Gasteiger partial charge on any atom is -0.338 e. The Morgan fingerprint density at radius 1 is 1.15 bits per heavy atom. The monoisotopic (exact) mass is 356 g/mol. The van der Waals surface area contributed by atoms with Gasteiger partial charge in [0.25, 0.3) is 0 Å². The van der Waals surface area contributed by atoms with Crippen molar-refractivity contribution in [3.05, 3.63) is 23.3 Å². The van der Waals surface area contributed by atoms with Crippen LogP contribution in [0.1, 0.15) is 75.0 Å². The second kappa shape index (κ2) is 7.33. The third kappa shape index (κ3) is 3.46. The topological polar surface area (TPSA) is 66.4 Å². The highest BCUT2D eigenvalue weighted by molar-refractivity contribution is 5.77. The maximum Gasteiger partial charge on any atom is 0.223 e. The second-order valence-corrected chi connectivity index (χ2v) is 7.99. The van der Waals surface area contributed by atoms with Crippen LogP contribution in [-0.2, 0) is 22.6 Å². The van der Waals surface area contributed by atoms with Crippen molar-refractivity contribution in [1.82, 2.24) is 19.8 Å². The predicted molar refractivity (Wildman–Crippen MR) is 97.1 cm³/mol. The number of hydrogen-bond donors (Lipinski definition) is 0. The number of hydrogen-bond acceptors (Lipinski definition) is 4. The largest absolute Gasteiger partial charge is 0.338 e. The Morgan fingerprint density at radius 3 is 2.73 bits per heavy atom. The molecule has 3 heterocycles. The summed E-state index contributed by atoms with van der Waals surface area (Å²) in [6.07, 6.45) is 10.2. The first kappa shape index (κ1) is 17.4. The van der Waals surface area contributed by atoms with E-state index >= 15 is 0 Å². The molecule has 0 N–H and O–H groups in total. The fraction of sp³-hybridized carbons (Fsp3) is 0.700. The molecule has 4 rings (SSSR count). The van der Waals surface area contributed by atoms with Crippen LogP contribution in [0.25, 0.3) is 0 Å². The van der Waals surface area contributed by atoms with Crippen molar-refractivity contribution >= 4 is 11.8 Å². The lowest BCUT2D eigenvalue weighted by Gasteiger charge is -2.29. The zero-order chi connectivity index (χ0) is 18.1. The van der Waals surface area contributed by atoms with E-state index in [0.717, 1.165) is 42.9 Å². The highest BCUT2D eigenvalue weighted by Crippen LogP contribution is 2.34. The summed E-state index contributed by atoms with van der Waals surface area (Å²) in [5.74, 6) is 1.74. The molecule has 6 heteroatoms. The average Bonchev–Trinajstić information content (AvgIpc) is 3.32. The Hall–Kier alpha value is -1.98. The third-order valence-electron chi connectivity index (χ3n) is 6.21. The van der Waals surface area contributed by atoms with Crippen molar-refractivity contribution < 1.29 is 9.59 Å². The average molecular weight is 356 g/mol. The van der Waals surface area contributed by atoms with Crippen LogP contribution in [0.3, 0.4) is 0 Å². The first-order valence-electron chi connectivity index (χ1n) is 10.0. The summed E-state index contributed by atoms with van der Waals surface area (Å²) in [6.45, 7) is 3.75. The van der Waals surface area contributed by atoms with Crippen LogP contribution in [0, 0.1) is 5.92 Å². The fourth-order valence-corrected chi connectivity index (χ4v) is 4.67. The molecule has 1 atom stereocenters. The van der Waals surface area contributed by atoms with Crippen LogP contribution in [-0.4, -0.2) is 44.7 Å². The summed E-state index contributed by atoms with van der Waals surface area (Å²) in [4.78, 5) is 37.7. The molecule has 1 aromatic heterocycles. The molecule has 0 aromatic carbocycles. The number of carbonyl (C=O) groups is 2. The lowest BCUT2D eigenvalue weighted by Crippen LogP contribution is -2.36. The molecule has 0 bridgehead atoms. The van der Waals surface area contributed by atoms with Gasteiger partial charge < -0.3 is 9.80 Å². The van der Waals surface area contributed by atoms with Gasteiger partial charge in [-0.1, -0.05) is 12.8 Å². The first-order valence-corrected chi connectivity index (χ1v) is 10.0. The van der Waals surface area contributed by atoms with Crippen LogP contribution >= 0.6 is 0 Å². The molecule has 140 valence electrons. The molecule has 6 nitrogen and oxygen atoms in total. The fourth-order valence-electron chi connectivity index (χ4n) is 4.67. The Morgan fingerprint density at radius 2 is 1.96 bits per heavy atom. The zero-order valence-corrected chi connectivity index (χ0v) is 15.6. The molecule has 1 aromatic rings. The number of likely N-dealkylation sites (tertiary alicyclic amines) is 1. The van der Waals surface area contributed by atoms with Gasteiger partial charge in [-0.15, -0.1) is 0 Å². The molecule has 3 aliphatic rings. The smallest absolute Gasteiger partial charge is 0.223 e. The summed E-state index contributed by atoms with van der Waals surface area (Å²) < 4.78 is 0. The van der Waals surface area contributed by atoms with Gasteiger partial charge in [0.15, 0.2) is 5.82 Å². The van der Waals surface area contributed by atoms with E-state index in [2.05, 4.69) is 4.98 Å². The summed E-state index contributed by atoms with van der Waals surface area (Å²) in [5, 5.41) is 0. The number of amides is 2. The molecule has 0 radical (unpaired) electrons. The highest BCUT2D eigenvalue weighted by atomic mass is 16.2. The number of nitrogens with zero attached hydrogens (tertiary/aromatic N) is 4. The molecule has 0 spiro atoms. The van der Waals surface area contributed by atoms with Crippen molar-refractivity contribution in [3.8, 4) is 0 Å². The van der Waals surface area contributed by atoms with Crippen LogP contribution in [0.2, 0.25) is 0 Å². The summed E-state index contributed by atoms with van der Waals surface area (Å²) in [7, 11) is 0. The van der Waals surface area contributed by atoms with E-state index in [0.29, 0.717) is 25.4 Å². The van der Waals surface area contributed by atoms with E-state index in [-0.39, 0.29) is 17.9 Å². The maximum absolute atomic E-state index is 12.8. The molecule has 1 aliphatic carbocycles. The van der Waals surface area contributed by atoms with Gasteiger partial charge >= 0.3 is 0 Å². The van der Waals surface area contributed by atoms with Crippen LogP contribution < -0.4 is 0 Å². The molecular weight excluding hydrogens is 328 g/mol. The normalized spacial score (nSPS) is 23.3. The molecule has 2 fully saturated rings. The maximum atomic E-state index is 12.8. The highest BCUT2D eigenvalue weighted by Gasteiger charge is 2.34. The predicted octanol–water partition coefficient (Wildman–Crippen LogP) is 2.63. The van der Waals surface area contributed by atoms with Gasteiger partial charge in [0.05, 0.1) is 11.7 Å². The first-order chi connectivity index (χ1) is 12.6. The van der Waals surface area contributed by atoms with Crippen LogP contribution in [0.4, 0.5) is 0 Å². The van der Waals surface area contributed by atoms with E-state index in [1.54, 1.807) is 6.92 Å². The molecule has 26 heavy (non-hydrogen) atoms. The molecular formula is C20H28N4O2. The van der Waals surface area contributed by atoms with Gasteiger partial charge in [-0.2, -0.15) is 0 Å². The van der Waals surface area contributed by atoms with Gasteiger partial charge in [-0.25, -0.2) is 9.97 Å². The number of aromatic nitrogens is 2. The van der Waals surface area contributed by atoms with Crippen molar-refractivity contribution in [2.24, 2.45) is 5.92 Å². The Balaban J connectivity index is 1.48. The SMILES string of the molecule is CC(=O)N1CCc2nc(C3CCCN3C(=O)CC3CCCC3)ncc2C1. The minimum atomic E-state index is 0.0278. The van der Waals surface area contributed by atoms with Crippen molar-refractivity contribution in [3.63, 3.8) is 0 Å². The van der Waals surface area contributed by atoms with Crippen molar-refractivity contribution in [2.75, 3.05) is 13.1 Å². The molecule has 1 saturated carbocycles. The van der Waals surface area contributed by atoms with Gasteiger partial charge in [-0.3, -0.25) is 9.59 Å². The standard InChI is InChI=1S/C20H28N4O2/c1-14(25)23-10-8-17-16(13-23)12-21-20(22-17)18-7-4-9-24(18)19(26)11-15-5-2-3-6-15/h12,15,18H,2-11,13H2,1H3. The third-order valence-corrected chi connectivity index (χ3v) is 6.21. The lowest BCUT2D eigenvalue weighted by molar-refractivity contribution is -0.133. The van der Waals surface area contributed by atoms with Crippen LogP contribution in [0.5, 0.6) is 0 Å². The van der Waals surface area contributed by atoms with Gasteiger partial charge in [-0.05, 0) is 31.6 Å². The Kier molecular flexibility index (Phi) is 4.92. The van der Waals surface area contributed by atoms with Crippen LogP contribution in [0.15, 0.2) is 6.20 Å².